The van der Waals surface area contributed by atoms with E-state index < -0.39 is 0 Å². The summed E-state index contributed by atoms with van der Waals surface area (Å²) in [6.07, 6.45) is 2.57. The van der Waals surface area contributed by atoms with Crippen LogP contribution in [0.2, 0.25) is 0 Å². The van der Waals surface area contributed by atoms with Crippen LogP contribution < -0.4 is 11.1 Å². The summed E-state index contributed by atoms with van der Waals surface area (Å²) in [4.78, 5) is 0.412. The van der Waals surface area contributed by atoms with Gasteiger partial charge in [0, 0.05) is 28.4 Å². The Kier molecular flexibility index (Phi) is 4.59. The summed E-state index contributed by atoms with van der Waals surface area (Å²) in [5, 5.41) is 3.46. The lowest BCUT2D eigenvalue weighted by atomic mass is 10.1. The van der Waals surface area contributed by atoms with Gasteiger partial charge >= 0.3 is 0 Å². The zero-order chi connectivity index (χ0) is 13.1. The predicted molar refractivity (Wildman–Crippen MR) is 82.1 cm³/mol. The number of nitrogens with one attached hydrogen (secondary N) is 1. The van der Waals surface area contributed by atoms with Gasteiger partial charge in [0.2, 0.25) is 0 Å². The predicted octanol–water partition coefficient (Wildman–Crippen LogP) is 3.06. The number of halogens is 1. The number of thiocarbonyl (C=S) groups is 1. The van der Waals surface area contributed by atoms with E-state index in [0.29, 0.717) is 17.1 Å². The van der Waals surface area contributed by atoms with E-state index >= 15 is 0 Å². The van der Waals surface area contributed by atoms with Crippen LogP contribution in [0.4, 0.5) is 5.69 Å². The second-order valence-corrected chi connectivity index (χ2v) is 5.84. The average molecular weight is 329 g/mol. The quantitative estimate of drug-likeness (QED) is 0.834. The Labute approximate surface area is 121 Å². The minimum absolute atomic E-state index is 0.291. The fraction of sp³-hybridized carbons (Fsp3) is 0.462. The van der Waals surface area contributed by atoms with Gasteiger partial charge in [0.1, 0.15) is 4.99 Å². The maximum absolute atomic E-state index is 5.67. The second-order valence-electron chi connectivity index (χ2n) is 4.54. The van der Waals surface area contributed by atoms with Crippen molar-refractivity contribution in [3.63, 3.8) is 0 Å². The number of rotatable bonds is 4. The lowest BCUT2D eigenvalue weighted by Gasteiger charge is -2.22. The number of anilines is 1. The molecule has 2 unspecified atom stereocenters. The zero-order valence-corrected chi connectivity index (χ0v) is 12.7. The van der Waals surface area contributed by atoms with Crippen LogP contribution in [-0.4, -0.2) is 23.7 Å². The van der Waals surface area contributed by atoms with Crippen molar-refractivity contribution in [3.8, 4) is 0 Å². The molecule has 3 nitrogen and oxygen atoms in total. The summed E-state index contributed by atoms with van der Waals surface area (Å²) in [5.74, 6) is 0. The lowest BCUT2D eigenvalue weighted by molar-refractivity contribution is 0.0996. The third kappa shape index (κ3) is 3.22. The molecule has 18 heavy (non-hydrogen) atoms. The largest absolute Gasteiger partial charge is 0.389 e. The summed E-state index contributed by atoms with van der Waals surface area (Å²) in [5.41, 5.74) is 7.51. The van der Waals surface area contributed by atoms with Gasteiger partial charge in [-0.05, 0) is 53.9 Å². The highest BCUT2D eigenvalue weighted by molar-refractivity contribution is 9.10. The van der Waals surface area contributed by atoms with Crippen LogP contribution >= 0.6 is 28.1 Å². The number of hydrogen-bond acceptors (Lipinski definition) is 3. The van der Waals surface area contributed by atoms with Crippen molar-refractivity contribution in [1.82, 2.24) is 0 Å². The minimum atomic E-state index is 0.291. The Morgan fingerprint density at radius 2 is 2.39 bits per heavy atom. The fourth-order valence-corrected chi connectivity index (χ4v) is 2.74. The van der Waals surface area contributed by atoms with Crippen molar-refractivity contribution in [2.75, 3.05) is 11.9 Å². The van der Waals surface area contributed by atoms with Crippen LogP contribution in [0, 0.1) is 0 Å². The maximum Gasteiger partial charge on any atom is 0.104 e. The summed E-state index contributed by atoms with van der Waals surface area (Å²) < 4.78 is 6.64. The molecule has 0 radical (unpaired) electrons. The van der Waals surface area contributed by atoms with E-state index in [1.165, 1.54) is 0 Å². The van der Waals surface area contributed by atoms with Crippen LogP contribution in [-0.2, 0) is 4.74 Å². The fourth-order valence-electron chi connectivity index (χ4n) is 2.12. The first-order valence-electron chi connectivity index (χ1n) is 6.05. The van der Waals surface area contributed by atoms with E-state index in [1.807, 2.05) is 18.2 Å². The van der Waals surface area contributed by atoms with Crippen molar-refractivity contribution in [2.45, 2.75) is 31.9 Å². The highest BCUT2D eigenvalue weighted by Crippen LogP contribution is 2.26. The standard InChI is InChI=1S/C13H17BrN2OS/c1-8(12-3-2-6-17-12)16-11-5-4-9(13(15)18)7-10(11)14/h4-5,7-8,12,16H,2-3,6H2,1H3,(H2,15,18). The molecule has 0 aliphatic carbocycles. The van der Waals surface area contributed by atoms with Gasteiger partial charge in [0.05, 0.1) is 6.10 Å². The molecule has 1 saturated heterocycles. The summed E-state index contributed by atoms with van der Waals surface area (Å²) in [7, 11) is 0. The topological polar surface area (TPSA) is 47.3 Å². The Morgan fingerprint density at radius 3 is 2.94 bits per heavy atom. The molecule has 5 heteroatoms. The normalized spacial score (nSPS) is 20.7. The van der Waals surface area contributed by atoms with Crippen LogP contribution in [0.15, 0.2) is 22.7 Å². The lowest BCUT2D eigenvalue weighted by Crippen LogP contribution is -2.30. The third-order valence-electron chi connectivity index (χ3n) is 3.16. The van der Waals surface area contributed by atoms with E-state index in [9.17, 15) is 0 Å². The van der Waals surface area contributed by atoms with Gasteiger partial charge in [0.15, 0.2) is 0 Å². The number of nitrogens with two attached hydrogens (primary N) is 1. The van der Waals surface area contributed by atoms with E-state index in [2.05, 4.69) is 28.2 Å². The van der Waals surface area contributed by atoms with E-state index in [-0.39, 0.29) is 0 Å². The first kappa shape index (κ1) is 13.8. The van der Waals surface area contributed by atoms with Gasteiger partial charge in [-0.25, -0.2) is 0 Å². The molecular formula is C13H17BrN2OS. The number of benzene rings is 1. The van der Waals surface area contributed by atoms with E-state index in [4.69, 9.17) is 22.7 Å². The third-order valence-corrected chi connectivity index (χ3v) is 4.05. The molecule has 98 valence electrons. The second kappa shape index (κ2) is 5.99. The molecule has 2 atom stereocenters. The van der Waals surface area contributed by atoms with Gasteiger partial charge in [-0.15, -0.1) is 0 Å². The maximum atomic E-state index is 5.67. The summed E-state index contributed by atoms with van der Waals surface area (Å²) in [6.45, 7) is 3.02. The number of ether oxygens (including phenoxy) is 1. The van der Waals surface area contributed by atoms with Gasteiger partial charge in [-0.2, -0.15) is 0 Å². The van der Waals surface area contributed by atoms with Crippen LogP contribution in [0.3, 0.4) is 0 Å². The molecule has 0 amide bonds. The van der Waals surface area contributed by atoms with Crippen molar-refractivity contribution in [1.29, 1.82) is 0 Å². The first-order chi connectivity index (χ1) is 8.58. The molecule has 0 saturated carbocycles. The molecule has 1 heterocycles. The Hall–Kier alpha value is -0.650. The molecule has 1 aliphatic rings. The molecule has 0 aromatic heterocycles. The molecule has 1 aromatic carbocycles. The van der Waals surface area contributed by atoms with Crippen molar-refractivity contribution in [3.05, 3.63) is 28.2 Å². The molecule has 1 fully saturated rings. The molecule has 1 aliphatic heterocycles. The average Bonchev–Trinajstić information content (AvgIpc) is 2.85. The molecular weight excluding hydrogens is 312 g/mol. The molecule has 0 spiro atoms. The van der Waals surface area contributed by atoms with Crippen molar-refractivity contribution >= 4 is 38.8 Å². The van der Waals surface area contributed by atoms with Crippen LogP contribution in [0.25, 0.3) is 0 Å². The first-order valence-corrected chi connectivity index (χ1v) is 7.25. The smallest absolute Gasteiger partial charge is 0.104 e. The van der Waals surface area contributed by atoms with Crippen molar-refractivity contribution in [2.24, 2.45) is 5.73 Å². The zero-order valence-electron chi connectivity index (χ0n) is 10.3. The molecule has 3 N–H and O–H groups in total. The monoisotopic (exact) mass is 328 g/mol. The minimum Gasteiger partial charge on any atom is -0.389 e. The number of hydrogen-bond donors (Lipinski definition) is 2. The Morgan fingerprint density at radius 1 is 1.61 bits per heavy atom. The van der Waals surface area contributed by atoms with Crippen molar-refractivity contribution < 1.29 is 4.74 Å². The van der Waals surface area contributed by atoms with Gasteiger partial charge < -0.3 is 15.8 Å². The van der Waals surface area contributed by atoms with E-state index in [1.54, 1.807) is 0 Å². The van der Waals surface area contributed by atoms with Gasteiger partial charge in [-0.1, -0.05) is 12.2 Å². The highest BCUT2D eigenvalue weighted by Gasteiger charge is 2.22. The Balaban J connectivity index is 2.06. The molecule has 1 aromatic rings. The van der Waals surface area contributed by atoms with Crippen LogP contribution in [0.5, 0.6) is 0 Å². The molecule has 0 bridgehead atoms. The highest BCUT2D eigenvalue weighted by atomic mass is 79.9. The summed E-state index contributed by atoms with van der Waals surface area (Å²) >= 11 is 8.49. The van der Waals surface area contributed by atoms with Gasteiger partial charge in [-0.3, -0.25) is 0 Å². The SMILES string of the molecule is CC(Nc1ccc(C(N)=S)cc1Br)C1CCCO1. The van der Waals surface area contributed by atoms with E-state index in [0.717, 1.165) is 35.2 Å². The summed E-state index contributed by atoms with van der Waals surface area (Å²) in [6, 6.07) is 6.15. The van der Waals surface area contributed by atoms with Crippen LogP contribution in [0.1, 0.15) is 25.3 Å². The van der Waals surface area contributed by atoms with Gasteiger partial charge in [0.25, 0.3) is 0 Å². The molecule has 2 rings (SSSR count). The Bertz CT molecular complexity index is 447.